The van der Waals surface area contributed by atoms with Crippen molar-refractivity contribution in [1.82, 2.24) is 14.8 Å². The van der Waals surface area contributed by atoms with Gasteiger partial charge in [-0.1, -0.05) is 35.5 Å². The summed E-state index contributed by atoms with van der Waals surface area (Å²) in [6.45, 7) is 3.79. The SMILES string of the molecule is CC(=O)[C@@H](C)Sc1nnc(COc2ccccc2Cl)n1C1CC1. The Morgan fingerprint density at radius 2 is 2.17 bits per heavy atom. The number of ether oxygens (including phenoxy) is 1. The van der Waals surface area contributed by atoms with Crippen molar-refractivity contribution in [2.24, 2.45) is 0 Å². The van der Waals surface area contributed by atoms with E-state index in [4.69, 9.17) is 16.3 Å². The van der Waals surface area contributed by atoms with Gasteiger partial charge in [-0.3, -0.25) is 9.36 Å². The van der Waals surface area contributed by atoms with Crippen LogP contribution in [-0.4, -0.2) is 25.8 Å². The Labute approximate surface area is 144 Å². The van der Waals surface area contributed by atoms with E-state index >= 15 is 0 Å². The maximum Gasteiger partial charge on any atom is 0.192 e. The first-order valence-corrected chi connectivity index (χ1v) is 8.80. The maximum atomic E-state index is 11.5. The lowest BCUT2D eigenvalue weighted by Gasteiger charge is -2.12. The van der Waals surface area contributed by atoms with Gasteiger partial charge < -0.3 is 4.74 Å². The fourth-order valence-corrected chi connectivity index (χ4v) is 3.26. The number of carbonyl (C=O) groups excluding carboxylic acids is 1. The Morgan fingerprint density at radius 3 is 2.83 bits per heavy atom. The minimum absolute atomic E-state index is 0.131. The Hall–Kier alpha value is -1.53. The molecule has 122 valence electrons. The molecule has 0 bridgehead atoms. The van der Waals surface area contributed by atoms with Gasteiger partial charge in [0.1, 0.15) is 18.1 Å². The molecule has 1 fully saturated rings. The largest absolute Gasteiger partial charge is 0.484 e. The summed E-state index contributed by atoms with van der Waals surface area (Å²) in [5.74, 6) is 1.53. The van der Waals surface area contributed by atoms with Crippen molar-refractivity contribution in [2.45, 2.75) is 49.7 Å². The Kier molecular flexibility index (Phi) is 4.92. The molecule has 0 amide bonds. The number of carbonyl (C=O) groups is 1. The van der Waals surface area contributed by atoms with E-state index in [0.717, 1.165) is 23.8 Å². The number of rotatable bonds is 7. The summed E-state index contributed by atoms with van der Waals surface area (Å²) in [6.07, 6.45) is 2.22. The minimum Gasteiger partial charge on any atom is -0.484 e. The highest BCUT2D eigenvalue weighted by Gasteiger charge is 2.30. The number of ketones is 1. The lowest BCUT2D eigenvalue weighted by molar-refractivity contribution is -0.116. The van der Waals surface area contributed by atoms with Crippen molar-refractivity contribution < 1.29 is 9.53 Å². The van der Waals surface area contributed by atoms with Crippen molar-refractivity contribution in [3.05, 3.63) is 35.1 Å². The number of Topliss-reactive ketones (excluding diaryl/α,β-unsaturated/α-hetero) is 1. The van der Waals surface area contributed by atoms with Crippen molar-refractivity contribution in [3.8, 4) is 5.75 Å². The van der Waals surface area contributed by atoms with Crippen molar-refractivity contribution in [2.75, 3.05) is 0 Å². The van der Waals surface area contributed by atoms with E-state index in [1.165, 1.54) is 11.8 Å². The molecule has 0 aliphatic heterocycles. The van der Waals surface area contributed by atoms with Crippen molar-refractivity contribution >= 4 is 29.1 Å². The van der Waals surface area contributed by atoms with Crippen molar-refractivity contribution in [1.29, 1.82) is 0 Å². The van der Waals surface area contributed by atoms with E-state index < -0.39 is 0 Å². The third-order valence-electron chi connectivity index (χ3n) is 3.70. The lowest BCUT2D eigenvalue weighted by Crippen LogP contribution is -2.11. The van der Waals surface area contributed by atoms with Crippen LogP contribution in [0.1, 0.15) is 38.6 Å². The van der Waals surface area contributed by atoms with Crippen LogP contribution in [0.15, 0.2) is 29.4 Å². The van der Waals surface area contributed by atoms with Gasteiger partial charge >= 0.3 is 0 Å². The highest BCUT2D eigenvalue weighted by molar-refractivity contribution is 8.00. The fraction of sp³-hybridized carbons (Fsp3) is 0.438. The van der Waals surface area contributed by atoms with E-state index in [2.05, 4.69) is 14.8 Å². The molecular formula is C16H18ClN3O2S. The molecule has 1 heterocycles. The van der Waals surface area contributed by atoms with Crippen LogP contribution in [0.5, 0.6) is 5.75 Å². The van der Waals surface area contributed by atoms with Gasteiger partial charge in [-0.25, -0.2) is 0 Å². The van der Waals surface area contributed by atoms with Gasteiger partial charge in [0.05, 0.1) is 10.3 Å². The van der Waals surface area contributed by atoms with E-state index in [1.807, 2.05) is 25.1 Å². The number of thioether (sulfide) groups is 1. The van der Waals surface area contributed by atoms with Crippen molar-refractivity contribution in [3.63, 3.8) is 0 Å². The summed E-state index contributed by atoms with van der Waals surface area (Å²) in [5, 5.41) is 9.72. The normalized spacial score (nSPS) is 15.4. The first-order chi connectivity index (χ1) is 11.1. The summed E-state index contributed by atoms with van der Waals surface area (Å²) >= 11 is 7.56. The standard InChI is InChI=1S/C16H18ClN3O2S/c1-10(21)11(2)23-16-19-18-15(20(16)12-7-8-12)9-22-14-6-4-3-5-13(14)17/h3-6,11-12H,7-9H2,1-2H3/t11-/m1/s1. The number of aromatic nitrogens is 3. The van der Waals surface area contributed by atoms with E-state index in [1.54, 1.807) is 13.0 Å². The second-order valence-electron chi connectivity index (χ2n) is 5.59. The van der Waals surface area contributed by atoms with Gasteiger partial charge in [0.2, 0.25) is 0 Å². The second kappa shape index (κ2) is 6.93. The van der Waals surface area contributed by atoms with E-state index in [0.29, 0.717) is 23.4 Å². The fourth-order valence-electron chi connectivity index (χ4n) is 2.13. The molecule has 1 saturated carbocycles. The number of nitrogens with zero attached hydrogens (tertiary/aromatic N) is 3. The van der Waals surface area contributed by atoms with Gasteiger partial charge in [0, 0.05) is 6.04 Å². The molecule has 0 N–H and O–H groups in total. The average molecular weight is 352 g/mol. The minimum atomic E-state index is -0.131. The molecule has 5 nitrogen and oxygen atoms in total. The number of hydrogen-bond acceptors (Lipinski definition) is 5. The monoisotopic (exact) mass is 351 g/mol. The van der Waals surface area contributed by atoms with Crippen LogP contribution in [0, 0.1) is 0 Å². The van der Waals surface area contributed by atoms with Gasteiger partial charge in [0.25, 0.3) is 0 Å². The molecule has 23 heavy (non-hydrogen) atoms. The highest BCUT2D eigenvalue weighted by atomic mass is 35.5. The van der Waals surface area contributed by atoms with Crippen LogP contribution in [-0.2, 0) is 11.4 Å². The number of halogens is 1. The molecule has 2 aromatic rings. The third-order valence-corrected chi connectivity index (χ3v) is 5.18. The van der Waals surface area contributed by atoms with Gasteiger partial charge in [-0.15, -0.1) is 10.2 Å². The Balaban J connectivity index is 1.76. The van der Waals surface area contributed by atoms with Crippen LogP contribution in [0.3, 0.4) is 0 Å². The number of benzene rings is 1. The topological polar surface area (TPSA) is 57.0 Å². The molecule has 0 spiro atoms. The van der Waals surface area contributed by atoms with Crippen LogP contribution >= 0.6 is 23.4 Å². The lowest BCUT2D eigenvalue weighted by atomic mass is 10.3. The molecule has 0 radical (unpaired) electrons. The first-order valence-electron chi connectivity index (χ1n) is 7.54. The van der Waals surface area contributed by atoms with Crippen LogP contribution in [0.4, 0.5) is 0 Å². The summed E-state index contributed by atoms with van der Waals surface area (Å²) in [7, 11) is 0. The molecule has 7 heteroatoms. The molecular weight excluding hydrogens is 334 g/mol. The molecule has 3 rings (SSSR count). The summed E-state index contributed by atoms with van der Waals surface area (Å²) in [6, 6.07) is 7.77. The summed E-state index contributed by atoms with van der Waals surface area (Å²) in [5.41, 5.74) is 0. The van der Waals surface area contributed by atoms with E-state index in [9.17, 15) is 4.79 Å². The van der Waals surface area contributed by atoms with Gasteiger partial charge in [-0.2, -0.15) is 0 Å². The van der Waals surface area contributed by atoms with Crippen LogP contribution < -0.4 is 4.74 Å². The molecule has 1 aromatic carbocycles. The Bertz CT molecular complexity index is 715. The zero-order valence-corrected chi connectivity index (χ0v) is 14.6. The molecule has 1 aliphatic carbocycles. The van der Waals surface area contributed by atoms with Crippen LogP contribution in [0.2, 0.25) is 5.02 Å². The summed E-state index contributed by atoms with van der Waals surface area (Å²) in [4.78, 5) is 11.5. The first kappa shape index (κ1) is 16.3. The molecule has 0 unspecified atom stereocenters. The highest BCUT2D eigenvalue weighted by Crippen LogP contribution is 2.39. The zero-order chi connectivity index (χ0) is 16.4. The van der Waals surface area contributed by atoms with Gasteiger partial charge in [0.15, 0.2) is 11.0 Å². The predicted molar refractivity (Wildman–Crippen MR) is 90.1 cm³/mol. The molecule has 1 atom stereocenters. The molecule has 1 aromatic heterocycles. The predicted octanol–water partition coefficient (Wildman–Crippen LogP) is 3.92. The van der Waals surface area contributed by atoms with Gasteiger partial charge in [-0.05, 0) is 38.8 Å². The molecule has 1 aliphatic rings. The summed E-state index contributed by atoms with van der Waals surface area (Å²) < 4.78 is 7.87. The van der Waals surface area contributed by atoms with E-state index in [-0.39, 0.29) is 11.0 Å². The Morgan fingerprint density at radius 1 is 1.43 bits per heavy atom. The number of hydrogen-bond donors (Lipinski definition) is 0. The third kappa shape index (κ3) is 3.87. The second-order valence-corrected chi connectivity index (χ2v) is 7.30. The number of para-hydroxylation sites is 1. The quantitative estimate of drug-likeness (QED) is 0.708. The average Bonchev–Trinajstić information content (AvgIpc) is 3.28. The molecule has 0 saturated heterocycles. The smallest absolute Gasteiger partial charge is 0.192 e. The maximum absolute atomic E-state index is 11.5. The zero-order valence-electron chi connectivity index (χ0n) is 13.0. The van der Waals surface area contributed by atoms with Crippen LogP contribution in [0.25, 0.3) is 0 Å².